The van der Waals surface area contributed by atoms with E-state index in [1.165, 1.54) is 17.7 Å². The van der Waals surface area contributed by atoms with Crippen LogP contribution in [-0.4, -0.2) is 40.9 Å². The van der Waals surface area contributed by atoms with Crippen LogP contribution in [0.25, 0.3) is 0 Å². The van der Waals surface area contributed by atoms with Crippen LogP contribution < -0.4 is 0 Å². The summed E-state index contributed by atoms with van der Waals surface area (Å²) in [5.74, 6) is 2.26. The number of hydrogen-bond acceptors (Lipinski definition) is 2. The molecule has 2 N–H and O–H groups in total. The summed E-state index contributed by atoms with van der Waals surface area (Å²) in [5, 5.41) is 17.7. The van der Waals surface area contributed by atoms with Crippen molar-refractivity contribution < 1.29 is 15.0 Å². The molecule has 1 amide bonds. The average molecular weight is 227 g/mol. The average Bonchev–Trinajstić information content (AvgIpc) is 2.23. The van der Waals surface area contributed by atoms with Crippen LogP contribution in [0.2, 0.25) is 0 Å². The highest BCUT2D eigenvalue weighted by molar-refractivity contribution is 5.64. The number of aliphatic hydroxyl groups excluding tert-OH is 1. The fourth-order valence-electron chi connectivity index (χ4n) is 3.15. The quantitative estimate of drug-likeness (QED) is 0.772. The molecule has 0 radical (unpaired) electrons. The predicted molar refractivity (Wildman–Crippen MR) is 60.2 cm³/mol. The van der Waals surface area contributed by atoms with Crippen molar-refractivity contribution in [1.82, 2.24) is 4.90 Å². The van der Waals surface area contributed by atoms with Crippen LogP contribution in [0.1, 0.15) is 32.1 Å². The number of aliphatic hydroxyl groups is 1. The van der Waals surface area contributed by atoms with E-state index in [0.717, 1.165) is 37.0 Å². The Kier molecular flexibility index (Phi) is 3.69. The molecule has 1 aliphatic heterocycles. The van der Waals surface area contributed by atoms with Gasteiger partial charge in [-0.3, -0.25) is 0 Å². The molecule has 2 rings (SSSR count). The van der Waals surface area contributed by atoms with Gasteiger partial charge in [0.2, 0.25) is 0 Å². The number of nitrogens with zero attached hydrogens (tertiary/aromatic N) is 1. The Bertz CT molecular complexity index is 243. The lowest BCUT2D eigenvalue weighted by molar-refractivity contribution is 0.0558. The summed E-state index contributed by atoms with van der Waals surface area (Å²) in [6.45, 7) is 1.73. The summed E-state index contributed by atoms with van der Waals surface area (Å²) < 4.78 is 0. The highest BCUT2D eigenvalue weighted by Crippen LogP contribution is 2.44. The number of rotatable bonds is 3. The van der Waals surface area contributed by atoms with Gasteiger partial charge in [-0.25, -0.2) is 4.79 Å². The van der Waals surface area contributed by atoms with Gasteiger partial charge in [-0.2, -0.15) is 0 Å². The number of hydrogen-bond donors (Lipinski definition) is 2. The van der Waals surface area contributed by atoms with Crippen molar-refractivity contribution in [3.8, 4) is 0 Å². The lowest BCUT2D eigenvalue weighted by Gasteiger charge is -2.43. The maximum Gasteiger partial charge on any atom is 0.407 e. The molecule has 0 aromatic rings. The van der Waals surface area contributed by atoms with Crippen LogP contribution in [0.5, 0.6) is 0 Å². The van der Waals surface area contributed by atoms with Gasteiger partial charge in [-0.15, -0.1) is 0 Å². The van der Waals surface area contributed by atoms with Crippen molar-refractivity contribution in [2.45, 2.75) is 32.1 Å². The van der Waals surface area contributed by atoms with Gasteiger partial charge in [-0.05, 0) is 49.9 Å². The van der Waals surface area contributed by atoms with Crippen LogP contribution in [0.15, 0.2) is 0 Å². The Morgan fingerprint density at radius 1 is 1.19 bits per heavy atom. The number of piperidine rings is 1. The van der Waals surface area contributed by atoms with Crippen LogP contribution >= 0.6 is 0 Å². The molecule has 4 heteroatoms. The normalized spacial score (nSPS) is 31.2. The Morgan fingerprint density at radius 2 is 1.81 bits per heavy atom. The van der Waals surface area contributed by atoms with E-state index in [1.54, 1.807) is 0 Å². The first-order chi connectivity index (χ1) is 7.70. The lowest BCUT2D eigenvalue weighted by atomic mass is 9.65. The molecule has 2 aliphatic rings. The third-order valence-electron chi connectivity index (χ3n) is 4.29. The number of carboxylic acid groups (broad SMARTS) is 1. The molecule has 0 spiro atoms. The van der Waals surface area contributed by atoms with E-state index in [1.807, 2.05) is 0 Å². The largest absolute Gasteiger partial charge is 0.465 e. The van der Waals surface area contributed by atoms with Gasteiger partial charge < -0.3 is 15.1 Å². The van der Waals surface area contributed by atoms with Crippen molar-refractivity contribution in [2.75, 3.05) is 19.7 Å². The Labute approximate surface area is 96.3 Å². The summed E-state index contributed by atoms with van der Waals surface area (Å²) in [6, 6.07) is 0. The smallest absolute Gasteiger partial charge is 0.407 e. The van der Waals surface area contributed by atoms with E-state index in [-0.39, 0.29) is 0 Å². The van der Waals surface area contributed by atoms with E-state index in [4.69, 9.17) is 10.2 Å². The molecule has 0 aromatic carbocycles. The summed E-state index contributed by atoms with van der Waals surface area (Å²) >= 11 is 0. The predicted octanol–water partition coefficient (Wildman–Crippen LogP) is 1.78. The van der Waals surface area contributed by atoms with Gasteiger partial charge in [0.05, 0.1) is 0 Å². The minimum Gasteiger partial charge on any atom is -0.465 e. The van der Waals surface area contributed by atoms with Crippen molar-refractivity contribution in [3.63, 3.8) is 0 Å². The summed E-state index contributed by atoms with van der Waals surface area (Å²) in [7, 11) is 0. The molecule has 92 valence electrons. The monoisotopic (exact) mass is 227 g/mol. The van der Waals surface area contributed by atoms with E-state index < -0.39 is 6.09 Å². The van der Waals surface area contributed by atoms with Crippen LogP contribution in [0.3, 0.4) is 0 Å². The van der Waals surface area contributed by atoms with Crippen LogP contribution in [-0.2, 0) is 0 Å². The number of carbonyl (C=O) groups is 1. The van der Waals surface area contributed by atoms with Crippen molar-refractivity contribution in [2.24, 2.45) is 17.8 Å². The molecule has 2 fully saturated rings. The molecule has 1 heterocycles. The first-order valence-electron chi connectivity index (χ1n) is 6.29. The molecule has 4 nitrogen and oxygen atoms in total. The van der Waals surface area contributed by atoms with Gasteiger partial charge in [-0.1, -0.05) is 0 Å². The highest BCUT2D eigenvalue weighted by atomic mass is 16.4. The van der Waals surface area contributed by atoms with Crippen LogP contribution in [0, 0.1) is 17.8 Å². The van der Waals surface area contributed by atoms with Gasteiger partial charge in [0.1, 0.15) is 0 Å². The van der Waals surface area contributed by atoms with E-state index in [2.05, 4.69) is 0 Å². The van der Waals surface area contributed by atoms with E-state index in [0.29, 0.717) is 19.7 Å². The molecule has 0 unspecified atom stereocenters. The zero-order valence-corrected chi connectivity index (χ0v) is 9.64. The number of amides is 1. The van der Waals surface area contributed by atoms with Gasteiger partial charge in [0, 0.05) is 19.7 Å². The summed E-state index contributed by atoms with van der Waals surface area (Å²) in [5.41, 5.74) is 0. The Morgan fingerprint density at radius 3 is 2.31 bits per heavy atom. The number of likely N-dealkylation sites (tertiary alicyclic amines) is 1. The van der Waals surface area contributed by atoms with Crippen molar-refractivity contribution >= 4 is 6.09 Å². The molecule has 16 heavy (non-hydrogen) atoms. The molecular weight excluding hydrogens is 206 g/mol. The standard InChI is InChI=1S/C12H21NO3/c14-6-3-9-7-11(8-9)10-1-4-13(5-2-10)12(15)16/h9-11,14H,1-8H2,(H,15,16). The van der Waals surface area contributed by atoms with Gasteiger partial charge >= 0.3 is 6.09 Å². The van der Waals surface area contributed by atoms with Crippen molar-refractivity contribution in [3.05, 3.63) is 0 Å². The third-order valence-corrected chi connectivity index (χ3v) is 4.29. The molecule has 1 aliphatic carbocycles. The Balaban J connectivity index is 1.69. The second kappa shape index (κ2) is 5.04. The lowest BCUT2D eigenvalue weighted by Crippen LogP contribution is -2.41. The molecule has 0 aromatic heterocycles. The molecule has 0 atom stereocenters. The summed E-state index contributed by atoms with van der Waals surface area (Å²) in [4.78, 5) is 12.3. The van der Waals surface area contributed by atoms with E-state index in [9.17, 15) is 4.79 Å². The maximum absolute atomic E-state index is 10.7. The molecule has 1 saturated heterocycles. The van der Waals surface area contributed by atoms with Gasteiger partial charge in [0.15, 0.2) is 0 Å². The summed E-state index contributed by atoms with van der Waals surface area (Å²) in [6.07, 6.45) is 4.73. The first-order valence-corrected chi connectivity index (χ1v) is 6.29. The van der Waals surface area contributed by atoms with E-state index >= 15 is 0 Å². The first kappa shape index (κ1) is 11.7. The Hall–Kier alpha value is -0.770. The maximum atomic E-state index is 10.7. The minimum atomic E-state index is -0.773. The van der Waals surface area contributed by atoms with Crippen molar-refractivity contribution in [1.29, 1.82) is 0 Å². The molecule has 0 bridgehead atoms. The fraction of sp³-hybridized carbons (Fsp3) is 0.917. The highest BCUT2D eigenvalue weighted by Gasteiger charge is 2.36. The molecule has 1 saturated carbocycles. The molecular formula is C12H21NO3. The second-order valence-corrected chi connectivity index (χ2v) is 5.22. The zero-order valence-electron chi connectivity index (χ0n) is 9.64. The third kappa shape index (κ3) is 2.48. The van der Waals surface area contributed by atoms with Gasteiger partial charge in [0.25, 0.3) is 0 Å². The topological polar surface area (TPSA) is 60.8 Å². The zero-order chi connectivity index (χ0) is 11.5. The van der Waals surface area contributed by atoms with Crippen LogP contribution in [0.4, 0.5) is 4.79 Å². The SMILES string of the molecule is O=C(O)N1CCC(C2CC(CCO)C2)CC1. The minimum absolute atomic E-state index is 0.314. The fourth-order valence-corrected chi connectivity index (χ4v) is 3.15. The second-order valence-electron chi connectivity index (χ2n) is 5.22.